The first-order chi connectivity index (χ1) is 12.7. The summed E-state index contributed by atoms with van der Waals surface area (Å²) in [4.78, 5) is 8.16. The predicted molar refractivity (Wildman–Crippen MR) is 99.6 cm³/mol. The Balaban J connectivity index is 1.57. The lowest BCUT2D eigenvalue weighted by molar-refractivity contribution is 0.300. The summed E-state index contributed by atoms with van der Waals surface area (Å²) in [6.45, 7) is 0.358. The van der Waals surface area contributed by atoms with Gasteiger partial charge in [-0.25, -0.2) is 0 Å². The SMILES string of the molecule is N=CCC(=N)c1ccc(Oc2ccc(OCc3cnccn3)cc2)cc1. The maximum Gasteiger partial charge on any atom is 0.132 e. The average molecular weight is 346 g/mol. The molecular weight excluding hydrogens is 328 g/mol. The second-order valence-corrected chi connectivity index (χ2v) is 5.47. The fourth-order valence-corrected chi connectivity index (χ4v) is 2.25. The molecule has 6 heteroatoms. The summed E-state index contributed by atoms with van der Waals surface area (Å²) in [5.41, 5.74) is 1.96. The third-order valence-electron chi connectivity index (χ3n) is 3.57. The number of ether oxygens (including phenoxy) is 2. The first-order valence-corrected chi connectivity index (χ1v) is 8.07. The van der Waals surface area contributed by atoms with Crippen molar-refractivity contribution >= 4 is 11.9 Å². The fourth-order valence-electron chi connectivity index (χ4n) is 2.25. The highest BCUT2D eigenvalue weighted by molar-refractivity contribution is 6.04. The van der Waals surface area contributed by atoms with Crippen molar-refractivity contribution in [3.05, 3.63) is 78.4 Å². The number of nitrogens with one attached hydrogen (secondary N) is 2. The van der Waals surface area contributed by atoms with Gasteiger partial charge in [0, 0.05) is 30.7 Å². The van der Waals surface area contributed by atoms with Crippen LogP contribution in [0.5, 0.6) is 17.2 Å². The molecule has 0 spiro atoms. The highest BCUT2D eigenvalue weighted by Crippen LogP contribution is 2.24. The molecule has 0 bridgehead atoms. The van der Waals surface area contributed by atoms with Crippen molar-refractivity contribution in [1.29, 1.82) is 10.8 Å². The molecule has 1 aromatic heterocycles. The standard InChI is InChI=1S/C20H18N4O2/c21-10-9-20(22)15-1-3-18(4-2-15)26-19-7-5-17(6-8-19)25-14-16-13-23-11-12-24-16/h1-8,10-13,21-22H,9,14H2. The van der Waals surface area contributed by atoms with Gasteiger partial charge in [-0.1, -0.05) is 0 Å². The maximum absolute atomic E-state index is 7.83. The van der Waals surface area contributed by atoms with Gasteiger partial charge in [-0.3, -0.25) is 9.97 Å². The highest BCUT2D eigenvalue weighted by atomic mass is 16.5. The van der Waals surface area contributed by atoms with Crippen LogP contribution in [0.2, 0.25) is 0 Å². The van der Waals surface area contributed by atoms with Crippen LogP contribution >= 0.6 is 0 Å². The van der Waals surface area contributed by atoms with E-state index in [1.54, 1.807) is 18.6 Å². The Labute approximate surface area is 151 Å². The van der Waals surface area contributed by atoms with Crippen molar-refractivity contribution < 1.29 is 9.47 Å². The van der Waals surface area contributed by atoms with E-state index in [0.29, 0.717) is 30.2 Å². The van der Waals surface area contributed by atoms with Crippen LogP contribution in [0.3, 0.4) is 0 Å². The van der Waals surface area contributed by atoms with Crippen LogP contribution in [-0.2, 0) is 6.61 Å². The Bertz CT molecular complexity index is 863. The van der Waals surface area contributed by atoms with Crippen molar-refractivity contribution in [3.63, 3.8) is 0 Å². The molecule has 3 aromatic rings. The molecule has 0 radical (unpaired) electrons. The summed E-state index contributed by atoms with van der Waals surface area (Å²) in [6.07, 6.45) is 6.48. The molecule has 0 aliphatic rings. The molecule has 1 heterocycles. The van der Waals surface area contributed by atoms with E-state index in [1.165, 1.54) is 6.21 Å². The van der Waals surface area contributed by atoms with Gasteiger partial charge in [0.05, 0.1) is 11.9 Å². The average Bonchev–Trinajstić information content (AvgIpc) is 2.69. The molecule has 0 unspecified atom stereocenters. The number of rotatable bonds is 8. The van der Waals surface area contributed by atoms with Crippen LogP contribution in [0.4, 0.5) is 0 Å². The Morgan fingerprint density at radius 1 is 0.923 bits per heavy atom. The molecule has 2 aromatic carbocycles. The van der Waals surface area contributed by atoms with Gasteiger partial charge < -0.3 is 20.3 Å². The molecule has 0 amide bonds. The summed E-state index contributed by atoms with van der Waals surface area (Å²) in [5, 5.41) is 14.9. The zero-order chi connectivity index (χ0) is 18.2. The van der Waals surface area contributed by atoms with E-state index in [4.69, 9.17) is 20.3 Å². The van der Waals surface area contributed by atoms with Crippen LogP contribution in [-0.4, -0.2) is 21.9 Å². The summed E-state index contributed by atoms with van der Waals surface area (Å²) in [7, 11) is 0. The van der Waals surface area contributed by atoms with Gasteiger partial charge in [0.1, 0.15) is 23.9 Å². The van der Waals surface area contributed by atoms with E-state index in [1.807, 2.05) is 48.5 Å². The van der Waals surface area contributed by atoms with Crippen molar-refractivity contribution in [1.82, 2.24) is 9.97 Å². The zero-order valence-corrected chi connectivity index (χ0v) is 14.1. The fraction of sp³-hybridized carbons (Fsp3) is 0.100. The van der Waals surface area contributed by atoms with Crippen molar-refractivity contribution in [2.45, 2.75) is 13.0 Å². The Morgan fingerprint density at radius 2 is 1.58 bits per heavy atom. The molecular formula is C20H18N4O2. The third kappa shape index (κ3) is 4.73. The van der Waals surface area contributed by atoms with Crippen molar-refractivity contribution in [2.24, 2.45) is 0 Å². The van der Waals surface area contributed by atoms with Gasteiger partial charge in [0.15, 0.2) is 0 Å². The number of hydrogen-bond acceptors (Lipinski definition) is 6. The number of benzene rings is 2. The Hall–Kier alpha value is -3.54. The molecule has 0 aliphatic carbocycles. The van der Waals surface area contributed by atoms with E-state index in [-0.39, 0.29) is 0 Å². The van der Waals surface area contributed by atoms with E-state index in [0.717, 1.165) is 17.0 Å². The normalized spacial score (nSPS) is 10.2. The minimum Gasteiger partial charge on any atom is -0.487 e. The zero-order valence-electron chi connectivity index (χ0n) is 14.1. The summed E-state index contributed by atoms with van der Waals surface area (Å²) >= 11 is 0. The van der Waals surface area contributed by atoms with Crippen LogP contribution in [0.1, 0.15) is 17.7 Å². The summed E-state index contributed by atoms with van der Waals surface area (Å²) in [5.74, 6) is 2.10. The van der Waals surface area contributed by atoms with Crippen LogP contribution < -0.4 is 9.47 Å². The smallest absolute Gasteiger partial charge is 0.132 e. The second kappa shape index (κ2) is 8.53. The van der Waals surface area contributed by atoms with Gasteiger partial charge in [-0.2, -0.15) is 0 Å². The topological polar surface area (TPSA) is 91.9 Å². The number of nitrogens with zero attached hydrogens (tertiary/aromatic N) is 2. The first kappa shape index (κ1) is 17.3. The molecule has 26 heavy (non-hydrogen) atoms. The van der Waals surface area contributed by atoms with Crippen LogP contribution in [0, 0.1) is 10.8 Å². The molecule has 0 atom stereocenters. The lowest BCUT2D eigenvalue weighted by Gasteiger charge is -2.09. The molecule has 0 saturated carbocycles. The van der Waals surface area contributed by atoms with Gasteiger partial charge in [0.25, 0.3) is 0 Å². The lowest BCUT2D eigenvalue weighted by Crippen LogP contribution is -1.99. The van der Waals surface area contributed by atoms with Gasteiger partial charge >= 0.3 is 0 Å². The highest BCUT2D eigenvalue weighted by Gasteiger charge is 2.03. The van der Waals surface area contributed by atoms with E-state index < -0.39 is 0 Å². The van der Waals surface area contributed by atoms with E-state index >= 15 is 0 Å². The lowest BCUT2D eigenvalue weighted by atomic mass is 10.1. The molecule has 130 valence electrons. The number of hydrogen-bond donors (Lipinski definition) is 2. The van der Waals surface area contributed by atoms with Gasteiger partial charge in [-0.05, 0) is 54.1 Å². The Morgan fingerprint density at radius 3 is 2.19 bits per heavy atom. The van der Waals surface area contributed by atoms with Crippen LogP contribution in [0.15, 0.2) is 67.1 Å². The second-order valence-electron chi connectivity index (χ2n) is 5.47. The summed E-state index contributed by atoms with van der Waals surface area (Å²) in [6, 6.07) is 14.6. The van der Waals surface area contributed by atoms with E-state index in [9.17, 15) is 0 Å². The largest absolute Gasteiger partial charge is 0.487 e. The van der Waals surface area contributed by atoms with Crippen molar-refractivity contribution in [3.8, 4) is 17.2 Å². The molecule has 3 rings (SSSR count). The third-order valence-corrected chi connectivity index (χ3v) is 3.57. The molecule has 0 saturated heterocycles. The molecule has 0 aliphatic heterocycles. The van der Waals surface area contributed by atoms with E-state index in [2.05, 4.69) is 9.97 Å². The molecule has 0 fully saturated rings. The van der Waals surface area contributed by atoms with Gasteiger partial charge in [-0.15, -0.1) is 0 Å². The predicted octanol–water partition coefficient (Wildman–Crippen LogP) is 4.26. The monoisotopic (exact) mass is 346 g/mol. The number of aromatic nitrogens is 2. The first-order valence-electron chi connectivity index (χ1n) is 8.07. The summed E-state index contributed by atoms with van der Waals surface area (Å²) < 4.78 is 11.5. The van der Waals surface area contributed by atoms with Crippen LogP contribution in [0.25, 0.3) is 0 Å². The minimum absolute atomic E-state index is 0.330. The molecule has 6 nitrogen and oxygen atoms in total. The Kier molecular flexibility index (Phi) is 5.67. The molecule has 2 N–H and O–H groups in total. The van der Waals surface area contributed by atoms with Crippen molar-refractivity contribution in [2.75, 3.05) is 0 Å². The quantitative estimate of drug-likeness (QED) is 0.596. The maximum atomic E-state index is 7.83. The van der Waals surface area contributed by atoms with Gasteiger partial charge in [0.2, 0.25) is 0 Å². The minimum atomic E-state index is 0.330.